The van der Waals surface area contributed by atoms with Crippen molar-refractivity contribution in [3.8, 4) is 6.07 Å². The summed E-state index contributed by atoms with van der Waals surface area (Å²) in [5, 5.41) is 12.2. The van der Waals surface area contributed by atoms with Crippen molar-refractivity contribution >= 4 is 17.8 Å². The van der Waals surface area contributed by atoms with Gasteiger partial charge in [0.05, 0.1) is 11.6 Å². The highest BCUT2D eigenvalue weighted by atomic mass is 16.6. The van der Waals surface area contributed by atoms with E-state index in [-0.39, 0.29) is 18.2 Å². The van der Waals surface area contributed by atoms with E-state index in [9.17, 15) is 14.9 Å². The highest BCUT2D eigenvalue weighted by molar-refractivity contribution is 5.91. The Morgan fingerprint density at radius 3 is 2.59 bits per heavy atom. The van der Waals surface area contributed by atoms with E-state index < -0.39 is 5.60 Å². The monoisotopic (exact) mass is 370 g/mol. The Labute approximate surface area is 159 Å². The van der Waals surface area contributed by atoms with Crippen LogP contribution >= 0.6 is 0 Å². The Morgan fingerprint density at radius 1 is 1.26 bits per heavy atom. The molecule has 0 aliphatic carbocycles. The van der Waals surface area contributed by atoms with Crippen LogP contribution in [0.2, 0.25) is 0 Å². The Kier molecular flexibility index (Phi) is 5.26. The molecule has 7 heteroatoms. The van der Waals surface area contributed by atoms with Crippen LogP contribution in [0, 0.1) is 11.3 Å². The molecule has 2 aliphatic rings. The SMILES string of the molecule is CC(C)(C)OC(=O)N1CCC(N2CCc3c(C#N)cccc3NC2=O)CC1. The number of benzene rings is 1. The molecule has 1 aromatic rings. The zero-order chi connectivity index (χ0) is 19.6. The lowest BCUT2D eigenvalue weighted by molar-refractivity contribution is 0.0167. The molecule has 144 valence electrons. The zero-order valence-electron chi connectivity index (χ0n) is 16.1. The van der Waals surface area contributed by atoms with Gasteiger partial charge in [-0.1, -0.05) is 6.07 Å². The summed E-state index contributed by atoms with van der Waals surface area (Å²) in [4.78, 5) is 28.5. The van der Waals surface area contributed by atoms with Gasteiger partial charge in [-0.2, -0.15) is 5.26 Å². The number of piperidine rings is 1. The number of nitrogens with zero attached hydrogens (tertiary/aromatic N) is 3. The van der Waals surface area contributed by atoms with Crippen LogP contribution < -0.4 is 5.32 Å². The van der Waals surface area contributed by atoms with E-state index in [4.69, 9.17) is 4.74 Å². The van der Waals surface area contributed by atoms with Crippen molar-refractivity contribution in [1.29, 1.82) is 5.26 Å². The number of urea groups is 1. The molecule has 0 radical (unpaired) electrons. The lowest BCUT2D eigenvalue weighted by Crippen LogP contribution is -2.50. The second-order valence-electron chi connectivity index (χ2n) is 8.02. The number of carbonyl (C=O) groups excluding carboxylic acids is 2. The average molecular weight is 370 g/mol. The van der Waals surface area contributed by atoms with E-state index in [0.29, 0.717) is 50.1 Å². The molecule has 1 fully saturated rings. The number of likely N-dealkylation sites (tertiary alicyclic amines) is 1. The second-order valence-corrected chi connectivity index (χ2v) is 8.02. The molecule has 0 unspecified atom stereocenters. The van der Waals surface area contributed by atoms with Gasteiger partial charge in [0.2, 0.25) is 0 Å². The first kappa shape index (κ1) is 19.0. The Balaban J connectivity index is 1.63. The van der Waals surface area contributed by atoms with Crippen molar-refractivity contribution in [2.75, 3.05) is 25.0 Å². The largest absolute Gasteiger partial charge is 0.444 e. The molecule has 0 spiro atoms. The number of hydrogen-bond donors (Lipinski definition) is 1. The van der Waals surface area contributed by atoms with Gasteiger partial charge in [-0.05, 0) is 57.7 Å². The minimum atomic E-state index is -0.511. The van der Waals surface area contributed by atoms with Gasteiger partial charge in [-0.15, -0.1) is 0 Å². The molecule has 3 amide bonds. The molecular formula is C20H26N4O3. The summed E-state index contributed by atoms with van der Waals surface area (Å²) in [7, 11) is 0. The van der Waals surface area contributed by atoms with E-state index in [1.165, 1.54) is 0 Å². The summed E-state index contributed by atoms with van der Waals surface area (Å²) in [6, 6.07) is 7.53. The van der Waals surface area contributed by atoms with Crippen LogP contribution in [-0.4, -0.2) is 53.2 Å². The van der Waals surface area contributed by atoms with E-state index in [1.807, 2.05) is 31.7 Å². The van der Waals surface area contributed by atoms with E-state index >= 15 is 0 Å². The number of fused-ring (bicyclic) bond motifs is 1. The predicted octanol–water partition coefficient (Wildman–Crippen LogP) is 3.35. The fourth-order valence-corrected chi connectivity index (χ4v) is 3.63. The molecule has 1 saturated heterocycles. The third kappa shape index (κ3) is 4.33. The van der Waals surface area contributed by atoms with Crippen molar-refractivity contribution in [1.82, 2.24) is 9.80 Å². The molecule has 1 aromatic carbocycles. The summed E-state index contributed by atoms with van der Waals surface area (Å²) in [6.45, 7) is 7.26. The predicted molar refractivity (Wildman–Crippen MR) is 101 cm³/mol. The molecule has 0 aromatic heterocycles. The molecule has 27 heavy (non-hydrogen) atoms. The number of nitrogens with one attached hydrogen (secondary N) is 1. The summed E-state index contributed by atoms with van der Waals surface area (Å²) in [5.74, 6) is 0. The fourth-order valence-electron chi connectivity index (χ4n) is 3.63. The van der Waals surface area contributed by atoms with Crippen LogP contribution in [0.5, 0.6) is 0 Å². The fraction of sp³-hybridized carbons (Fsp3) is 0.550. The van der Waals surface area contributed by atoms with Gasteiger partial charge in [0.25, 0.3) is 0 Å². The van der Waals surface area contributed by atoms with Crippen molar-refractivity contribution < 1.29 is 14.3 Å². The Hall–Kier alpha value is -2.75. The quantitative estimate of drug-likeness (QED) is 0.821. The molecule has 0 saturated carbocycles. The van der Waals surface area contributed by atoms with Gasteiger partial charge in [-0.3, -0.25) is 0 Å². The highest BCUT2D eigenvalue weighted by Gasteiger charge is 2.33. The van der Waals surface area contributed by atoms with Crippen LogP contribution in [-0.2, 0) is 11.2 Å². The number of anilines is 1. The number of nitriles is 1. The molecule has 1 N–H and O–H groups in total. The van der Waals surface area contributed by atoms with Crippen LogP contribution in [0.15, 0.2) is 18.2 Å². The first-order valence-corrected chi connectivity index (χ1v) is 9.36. The molecule has 3 rings (SSSR count). The van der Waals surface area contributed by atoms with Crippen LogP contribution in [0.3, 0.4) is 0 Å². The maximum Gasteiger partial charge on any atom is 0.410 e. The van der Waals surface area contributed by atoms with E-state index in [2.05, 4.69) is 11.4 Å². The van der Waals surface area contributed by atoms with Gasteiger partial charge >= 0.3 is 12.1 Å². The van der Waals surface area contributed by atoms with Crippen molar-refractivity contribution in [2.45, 2.75) is 51.7 Å². The molecule has 2 heterocycles. The van der Waals surface area contributed by atoms with Gasteiger partial charge in [0, 0.05) is 31.4 Å². The summed E-state index contributed by atoms with van der Waals surface area (Å²) in [5.41, 5.74) is 1.70. The van der Waals surface area contributed by atoms with Crippen molar-refractivity contribution in [3.63, 3.8) is 0 Å². The lowest BCUT2D eigenvalue weighted by atomic mass is 10.0. The van der Waals surface area contributed by atoms with Crippen LogP contribution in [0.1, 0.15) is 44.7 Å². The van der Waals surface area contributed by atoms with Gasteiger partial charge in [-0.25, -0.2) is 9.59 Å². The lowest BCUT2D eigenvalue weighted by Gasteiger charge is -2.38. The summed E-state index contributed by atoms with van der Waals surface area (Å²) >= 11 is 0. The number of ether oxygens (including phenoxy) is 1. The standard InChI is InChI=1S/C20H26N4O3/c1-20(2,3)27-19(26)23-10-7-15(8-11-23)24-12-9-16-14(13-21)5-4-6-17(16)22-18(24)25/h4-6,15H,7-12H2,1-3H3,(H,22,25). The topological polar surface area (TPSA) is 85.7 Å². The second kappa shape index (κ2) is 7.47. The van der Waals surface area contributed by atoms with Crippen LogP contribution in [0.25, 0.3) is 0 Å². The molecule has 0 atom stereocenters. The van der Waals surface area contributed by atoms with Crippen molar-refractivity contribution in [2.24, 2.45) is 0 Å². The maximum absolute atomic E-state index is 12.7. The first-order chi connectivity index (χ1) is 12.8. The summed E-state index contributed by atoms with van der Waals surface area (Å²) in [6.07, 6.45) is 1.78. The molecule has 2 aliphatic heterocycles. The Bertz CT molecular complexity index is 770. The number of carbonyl (C=O) groups is 2. The molecule has 7 nitrogen and oxygen atoms in total. The normalized spacial score (nSPS) is 18.2. The van der Waals surface area contributed by atoms with E-state index in [0.717, 1.165) is 5.56 Å². The third-order valence-electron chi connectivity index (χ3n) is 4.96. The minimum absolute atomic E-state index is 0.0727. The number of amides is 3. The zero-order valence-corrected chi connectivity index (χ0v) is 16.1. The minimum Gasteiger partial charge on any atom is -0.444 e. The number of hydrogen-bond acceptors (Lipinski definition) is 4. The summed E-state index contributed by atoms with van der Waals surface area (Å²) < 4.78 is 5.43. The smallest absolute Gasteiger partial charge is 0.410 e. The van der Waals surface area contributed by atoms with Gasteiger partial charge in [0.15, 0.2) is 0 Å². The van der Waals surface area contributed by atoms with Crippen LogP contribution in [0.4, 0.5) is 15.3 Å². The average Bonchev–Trinajstić information content (AvgIpc) is 2.78. The molecule has 0 bridgehead atoms. The van der Waals surface area contributed by atoms with Gasteiger partial charge in [0.1, 0.15) is 5.60 Å². The Morgan fingerprint density at radius 2 is 1.96 bits per heavy atom. The molecular weight excluding hydrogens is 344 g/mol. The van der Waals surface area contributed by atoms with E-state index in [1.54, 1.807) is 17.0 Å². The number of rotatable bonds is 1. The third-order valence-corrected chi connectivity index (χ3v) is 4.96. The van der Waals surface area contributed by atoms with Crippen molar-refractivity contribution in [3.05, 3.63) is 29.3 Å². The maximum atomic E-state index is 12.7. The van der Waals surface area contributed by atoms with Gasteiger partial charge < -0.3 is 19.9 Å². The highest BCUT2D eigenvalue weighted by Crippen LogP contribution is 2.27. The first-order valence-electron chi connectivity index (χ1n) is 9.36.